The molecule has 28 heavy (non-hydrogen) atoms. The van der Waals surface area contributed by atoms with Crippen LogP contribution in [0.25, 0.3) is 11.0 Å². The quantitative estimate of drug-likeness (QED) is 0.672. The van der Waals surface area contributed by atoms with Crippen molar-refractivity contribution in [2.45, 2.75) is 26.4 Å². The maximum Gasteiger partial charge on any atom is 0.332 e. The van der Waals surface area contributed by atoms with E-state index in [9.17, 15) is 14.4 Å². The molecule has 1 aromatic carbocycles. The van der Waals surface area contributed by atoms with E-state index < -0.39 is 17.2 Å². The van der Waals surface area contributed by atoms with Crippen LogP contribution in [0.5, 0.6) is 11.5 Å². The second-order valence-electron chi connectivity index (χ2n) is 6.30. The summed E-state index contributed by atoms with van der Waals surface area (Å²) in [5.74, 6) is 0.572. The number of nitrogens with one attached hydrogen (secondary N) is 1. The Labute approximate surface area is 164 Å². The van der Waals surface area contributed by atoms with Gasteiger partial charge in [0.25, 0.3) is 5.56 Å². The molecule has 1 amide bonds. The van der Waals surface area contributed by atoms with Crippen LogP contribution in [0.1, 0.15) is 19.9 Å². The molecule has 0 bridgehead atoms. The lowest BCUT2D eigenvalue weighted by molar-refractivity contribution is -0.116. The topological polar surface area (TPSA) is 104 Å². The van der Waals surface area contributed by atoms with Crippen LogP contribution in [0.2, 0.25) is 0 Å². The van der Waals surface area contributed by atoms with E-state index in [2.05, 4.69) is 9.69 Å². The molecule has 0 aliphatic heterocycles. The average Bonchev–Trinajstić information content (AvgIpc) is 3.15. The molecule has 0 saturated carbocycles. The predicted molar refractivity (Wildman–Crippen MR) is 107 cm³/mol. The highest BCUT2D eigenvalue weighted by molar-refractivity contribution is 7.04. The van der Waals surface area contributed by atoms with Gasteiger partial charge in [-0.3, -0.25) is 18.7 Å². The molecular formula is C18H20N4O5S. The molecule has 0 aliphatic rings. The largest absolute Gasteiger partial charge is 0.497 e. The van der Waals surface area contributed by atoms with Gasteiger partial charge in [-0.25, -0.2) is 4.79 Å². The number of rotatable bonds is 6. The highest BCUT2D eigenvalue weighted by Crippen LogP contribution is 2.29. The van der Waals surface area contributed by atoms with Crippen molar-refractivity contribution in [3.63, 3.8) is 0 Å². The van der Waals surface area contributed by atoms with E-state index in [1.165, 1.54) is 18.8 Å². The third kappa shape index (κ3) is 3.50. The van der Waals surface area contributed by atoms with Crippen LogP contribution in [-0.4, -0.2) is 33.6 Å². The molecular weight excluding hydrogens is 384 g/mol. The van der Waals surface area contributed by atoms with E-state index >= 15 is 0 Å². The Morgan fingerprint density at radius 2 is 2.00 bits per heavy atom. The molecule has 2 aromatic heterocycles. The number of fused-ring (bicyclic) bond motifs is 1. The highest BCUT2D eigenvalue weighted by atomic mass is 32.1. The molecule has 10 heteroatoms. The number of nitrogens with zero attached hydrogens (tertiary/aromatic N) is 3. The molecule has 0 aliphatic carbocycles. The van der Waals surface area contributed by atoms with E-state index in [-0.39, 0.29) is 18.1 Å². The van der Waals surface area contributed by atoms with Crippen molar-refractivity contribution in [2.24, 2.45) is 0 Å². The van der Waals surface area contributed by atoms with Gasteiger partial charge >= 0.3 is 5.69 Å². The Bertz CT molecular complexity index is 1150. The first kappa shape index (κ1) is 19.6. The van der Waals surface area contributed by atoms with Crippen molar-refractivity contribution >= 4 is 34.2 Å². The summed E-state index contributed by atoms with van der Waals surface area (Å²) >= 11 is 1.06. The molecule has 2 heterocycles. The zero-order valence-electron chi connectivity index (χ0n) is 15.9. The summed E-state index contributed by atoms with van der Waals surface area (Å²) in [5, 5.41) is 4.31. The lowest BCUT2D eigenvalue weighted by Gasteiger charge is -2.15. The molecule has 3 rings (SSSR count). The third-order valence-electron chi connectivity index (χ3n) is 4.20. The number of amides is 1. The van der Waals surface area contributed by atoms with E-state index in [1.807, 2.05) is 0 Å². The maximum atomic E-state index is 12.8. The van der Waals surface area contributed by atoms with Gasteiger partial charge in [0.2, 0.25) is 5.91 Å². The smallest absolute Gasteiger partial charge is 0.332 e. The predicted octanol–water partition coefficient (Wildman–Crippen LogP) is 1.86. The van der Waals surface area contributed by atoms with Crippen molar-refractivity contribution in [1.82, 2.24) is 13.5 Å². The molecule has 0 atom stereocenters. The fourth-order valence-corrected chi connectivity index (χ4v) is 3.52. The summed E-state index contributed by atoms with van der Waals surface area (Å²) in [7, 11) is 3.01. The third-order valence-corrected chi connectivity index (χ3v) is 4.82. The number of ether oxygens (including phenoxy) is 2. The molecule has 148 valence electrons. The van der Waals surface area contributed by atoms with Crippen molar-refractivity contribution in [1.29, 1.82) is 0 Å². The van der Waals surface area contributed by atoms with Crippen LogP contribution in [0.4, 0.5) is 5.69 Å². The van der Waals surface area contributed by atoms with Crippen LogP contribution in [0.15, 0.2) is 33.2 Å². The van der Waals surface area contributed by atoms with E-state index in [0.717, 1.165) is 16.1 Å². The first-order valence-corrected chi connectivity index (χ1v) is 9.32. The standard InChI is InChI=1S/C18H20N4O5S/c1-10(2)22-17(24)16-13(9-28-20-16)21(18(22)25)8-15(23)19-12-6-5-11(26-3)7-14(12)27-4/h5-7,9-10H,8H2,1-4H3,(H,19,23). The summed E-state index contributed by atoms with van der Waals surface area (Å²) in [6.45, 7) is 3.19. The Morgan fingerprint density at radius 3 is 2.64 bits per heavy atom. The zero-order chi connectivity index (χ0) is 20.4. The molecule has 0 unspecified atom stereocenters. The summed E-state index contributed by atoms with van der Waals surface area (Å²) in [6, 6.07) is 4.61. The summed E-state index contributed by atoms with van der Waals surface area (Å²) in [4.78, 5) is 37.9. The first-order chi connectivity index (χ1) is 13.4. The van der Waals surface area contributed by atoms with E-state index in [4.69, 9.17) is 9.47 Å². The van der Waals surface area contributed by atoms with Gasteiger partial charge in [-0.1, -0.05) is 0 Å². The minimum atomic E-state index is -0.551. The molecule has 0 spiro atoms. The van der Waals surface area contributed by atoms with Gasteiger partial charge in [0.1, 0.15) is 18.0 Å². The number of hydrogen-bond donors (Lipinski definition) is 1. The Balaban J connectivity index is 1.97. The van der Waals surface area contributed by atoms with Crippen molar-refractivity contribution in [3.8, 4) is 11.5 Å². The number of methoxy groups -OCH3 is 2. The van der Waals surface area contributed by atoms with Crippen molar-refractivity contribution in [2.75, 3.05) is 19.5 Å². The second kappa shape index (κ2) is 7.85. The monoisotopic (exact) mass is 404 g/mol. The molecule has 9 nitrogen and oxygen atoms in total. The average molecular weight is 404 g/mol. The van der Waals surface area contributed by atoms with Crippen LogP contribution >= 0.6 is 11.5 Å². The molecule has 1 N–H and O–H groups in total. The van der Waals surface area contributed by atoms with Gasteiger partial charge < -0.3 is 14.8 Å². The van der Waals surface area contributed by atoms with Gasteiger partial charge in [0, 0.05) is 17.5 Å². The van der Waals surface area contributed by atoms with Gasteiger partial charge in [-0.2, -0.15) is 4.37 Å². The minimum absolute atomic E-state index is 0.174. The number of hydrogen-bond acceptors (Lipinski definition) is 7. The fourth-order valence-electron chi connectivity index (χ4n) is 2.85. The van der Waals surface area contributed by atoms with Crippen molar-refractivity contribution in [3.05, 3.63) is 44.4 Å². The highest BCUT2D eigenvalue weighted by Gasteiger charge is 2.19. The second-order valence-corrected chi connectivity index (χ2v) is 6.93. The SMILES string of the molecule is COc1ccc(NC(=O)Cn2c(=O)n(C(C)C)c(=O)c3nscc32)c(OC)c1. The Kier molecular flexibility index (Phi) is 5.50. The molecule has 0 saturated heterocycles. The summed E-state index contributed by atoms with van der Waals surface area (Å²) in [5.41, 5.74) is -0.0469. The van der Waals surface area contributed by atoms with Crippen LogP contribution in [0.3, 0.4) is 0 Å². The number of benzene rings is 1. The number of anilines is 1. The lowest BCUT2D eigenvalue weighted by Crippen LogP contribution is -2.42. The zero-order valence-corrected chi connectivity index (χ0v) is 16.7. The first-order valence-electron chi connectivity index (χ1n) is 8.48. The van der Waals surface area contributed by atoms with Crippen LogP contribution < -0.4 is 26.0 Å². The maximum absolute atomic E-state index is 12.8. The molecule has 0 radical (unpaired) electrons. The van der Waals surface area contributed by atoms with Gasteiger partial charge in [-0.15, -0.1) is 0 Å². The molecule has 0 fully saturated rings. The van der Waals surface area contributed by atoms with Gasteiger partial charge in [0.15, 0.2) is 5.52 Å². The van der Waals surface area contributed by atoms with Crippen LogP contribution in [0, 0.1) is 0 Å². The fraction of sp³-hybridized carbons (Fsp3) is 0.333. The number of carbonyl (C=O) groups excluding carboxylic acids is 1. The van der Waals surface area contributed by atoms with E-state index in [1.54, 1.807) is 37.4 Å². The van der Waals surface area contributed by atoms with Crippen LogP contribution in [-0.2, 0) is 11.3 Å². The normalized spacial score (nSPS) is 11.0. The minimum Gasteiger partial charge on any atom is -0.497 e. The summed E-state index contributed by atoms with van der Waals surface area (Å²) in [6.07, 6.45) is 0. The van der Waals surface area contributed by atoms with Gasteiger partial charge in [-0.05, 0) is 37.5 Å². The Morgan fingerprint density at radius 1 is 1.25 bits per heavy atom. The Hall–Kier alpha value is -3.14. The van der Waals surface area contributed by atoms with E-state index in [0.29, 0.717) is 22.7 Å². The lowest BCUT2D eigenvalue weighted by atomic mass is 10.2. The summed E-state index contributed by atoms with van der Waals surface area (Å²) < 4.78 is 16.8. The number of aromatic nitrogens is 3. The van der Waals surface area contributed by atoms with Gasteiger partial charge in [0.05, 0.1) is 25.4 Å². The molecule has 3 aromatic rings. The number of carbonyl (C=O) groups is 1. The van der Waals surface area contributed by atoms with Crippen molar-refractivity contribution < 1.29 is 14.3 Å².